The van der Waals surface area contributed by atoms with Gasteiger partial charge in [-0.25, -0.2) is 0 Å². The highest BCUT2D eigenvalue weighted by molar-refractivity contribution is 6.01. The lowest BCUT2D eigenvalue weighted by atomic mass is 9.77. The van der Waals surface area contributed by atoms with Crippen LogP contribution in [0.1, 0.15) is 41.1 Å². The topological polar surface area (TPSA) is 76.7 Å². The summed E-state index contributed by atoms with van der Waals surface area (Å²) in [6.45, 7) is 4.36. The summed E-state index contributed by atoms with van der Waals surface area (Å²) in [6, 6.07) is 8.55. The Morgan fingerprint density at radius 2 is 1.94 bits per heavy atom. The molecule has 2 aromatic rings. The maximum Gasteiger partial charge on any atom is 0.409 e. The van der Waals surface area contributed by atoms with Crippen LogP contribution in [0.5, 0.6) is 11.5 Å². The number of halogens is 3. The second-order valence-electron chi connectivity index (χ2n) is 9.60. The number of alkyl halides is 3. The van der Waals surface area contributed by atoms with Crippen LogP contribution in [0.25, 0.3) is 0 Å². The molecular weight excluding hydrogens is 473 g/mol. The highest BCUT2D eigenvalue weighted by Crippen LogP contribution is 2.45. The second-order valence-corrected chi connectivity index (χ2v) is 9.60. The highest BCUT2D eigenvalue weighted by atomic mass is 19.4. The summed E-state index contributed by atoms with van der Waals surface area (Å²) in [5.74, 6) is -2.64. The standard InChI is InChI=1S/C27H27F3N2O4/c1-14-6-7-17-21(12-14)36-20-5-3-4-15(2)22(20)23(17)31-25(33)19-13-18(16-8-10-35-11-9-16)24(27(28,29)30)32-26(19)34/h3-8,12,18-19,23-24H,9-11,13H2,1-2H3,(H,31,33)(H,32,34). The van der Waals surface area contributed by atoms with Crippen molar-refractivity contribution >= 4 is 11.8 Å². The van der Waals surface area contributed by atoms with Gasteiger partial charge in [-0.15, -0.1) is 0 Å². The van der Waals surface area contributed by atoms with E-state index in [0.717, 1.165) is 22.3 Å². The zero-order valence-corrected chi connectivity index (χ0v) is 19.9. The van der Waals surface area contributed by atoms with Crippen LogP contribution in [-0.4, -0.2) is 37.2 Å². The molecule has 3 heterocycles. The molecule has 2 amide bonds. The number of amides is 2. The van der Waals surface area contributed by atoms with E-state index in [1.807, 2.05) is 50.2 Å². The third kappa shape index (κ3) is 4.48. The van der Waals surface area contributed by atoms with Crippen LogP contribution >= 0.6 is 0 Å². The van der Waals surface area contributed by atoms with Crippen molar-refractivity contribution in [3.63, 3.8) is 0 Å². The van der Waals surface area contributed by atoms with E-state index in [4.69, 9.17) is 9.47 Å². The van der Waals surface area contributed by atoms with Gasteiger partial charge in [0.25, 0.3) is 0 Å². The van der Waals surface area contributed by atoms with Gasteiger partial charge in [0.05, 0.1) is 19.3 Å². The number of rotatable bonds is 3. The molecule has 0 saturated carbocycles. The van der Waals surface area contributed by atoms with Crippen LogP contribution in [0.3, 0.4) is 0 Å². The fraction of sp³-hybridized carbons (Fsp3) is 0.407. The summed E-state index contributed by atoms with van der Waals surface area (Å²) >= 11 is 0. The molecule has 1 saturated heterocycles. The Balaban J connectivity index is 1.46. The Morgan fingerprint density at radius 1 is 1.14 bits per heavy atom. The smallest absolute Gasteiger partial charge is 0.409 e. The quantitative estimate of drug-likeness (QED) is 0.476. The molecule has 0 aliphatic carbocycles. The minimum absolute atomic E-state index is 0.218. The zero-order valence-electron chi connectivity index (χ0n) is 19.9. The molecule has 2 aromatic carbocycles. The van der Waals surface area contributed by atoms with Crippen molar-refractivity contribution < 1.29 is 32.2 Å². The van der Waals surface area contributed by atoms with Crippen molar-refractivity contribution in [3.8, 4) is 11.5 Å². The monoisotopic (exact) mass is 500 g/mol. The first-order valence-electron chi connectivity index (χ1n) is 12.0. The number of carbonyl (C=O) groups is 2. The highest BCUT2D eigenvalue weighted by Gasteiger charge is 2.52. The summed E-state index contributed by atoms with van der Waals surface area (Å²) in [6.07, 6.45) is -2.89. The molecule has 2 N–H and O–H groups in total. The van der Waals surface area contributed by atoms with E-state index in [-0.39, 0.29) is 13.0 Å². The molecule has 4 atom stereocenters. The summed E-state index contributed by atoms with van der Waals surface area (Å²) in [7, 11) is 0. The lowest BCUT2D eigenvalue weighted by molar-refractivity contribution is -0.179. The number of piperidine rings is 1. The number of benzene rings is 2. The summed E-state index contributed by atoms with van der Waals surface area (Å²) in [5.41, 5.74) is 3.92. The van der Waals surface area contributed by atoms with Crippen molar-refractivity contribution in [2.24, 2.45) is 11.8 Å². The number of aryl methyl sites for hydroxylation is 2. The van der Waals surface area contributed by atoms with Crippen LogP contribution in [0, 0.1) is 25.7 Å². The van der Waals surface area contributed by atoms with Gasteiger partial charge in [-0.05, 0) is 49.9 Å². The third-order valence-electron chi connectivity index (χ3n) is 7.21. The van der Waals surface area contributed by atoms with Gasteiger partial charge in [0.1, 0.15) is 23.5 Å². The molecule has 0 aromatic heterocycles. The number of fused-ring (bicyclic) bond motifs is 2. The minimum atomic E-state index is -4.63. The van der Waals surface area contributed by atoms with Gasteiger partial charge in [0.15, 0.2) is 0 Å². The SMILES string of the molecule is Cc1ccc2c(c1)Oc1cccc(C)c1C2NC(=O)C1CC(C2=CCOCC2)C(C(F)(F)F)NC1=O. The summed E-state index contributed by atoms with van der Waals surface area (Å²) < 4.78 is 52.9. The Labute approximate surface area is 206 Å². The van der Waals surface area contributed by atoms with Gasteiger partial charge >= 0.3 is 6.18 Å². The van der Waals surface area contributed by atoms with Crippen molar-refractivity contribution in [3.05, 3.63) is 70.3 Å². The lowest BCUT2D eigenvalue weighted by Gasteiger charge is -2.39. The second kappa shape index (κ2) is 9.28. The lowest BCUT2D eigenvalue weighted by Crippen LogP contribution is -2.59. The third-order valence-corrected chi connectivity index (χ3v) is 7.21. The fourth-order valence-corrected chi connectivity index (χ4v) is 5.38. The average molecular weight is 501 g/mol. The number of hydrogen-bond donors (Lipinski definition) is 2. The van der Waals surface area contributed by atoms with E-state index < -0.39 is 41.9 Å². The van der Waals surface area contributed by atoms with Crippen molar-refractivity contribution in [1.82, 2.24) is 10.6 Å². The number of carbonyl (C=O) groups excluding carboxylic acids is 2. The molecule has 1 fully saturated rings. The van der Waals surface area contributed by atoms with Crippen LogP contribution in [-0.2, 0) is 14.3 Å². The normalized spacial score (nSPS) is 25.6. The molecule has 6 nitrogen and oxygen atoms in total. The maximum atomic E-state index is 13.8. The molecule has 190 valence electrons. The van der Waals surface area contributed by atoms with E-state index in [9.17, 15) is 22.8 Å². The van der Waals surface area contributed by atoms with Gasteiger partial charge in [-0.1, -0.05) is 35.9 Å². The first-order chi connectivity index (χ1) is 17.1. The van der Waals surface area contributed by atoms with Crippen LogP contribution < -0.4 is 15.4 Å². The molecule has 0 radical (unpaired) electrons. The minimum Gasteiger partial charge on any atom is -0.457 e. The van der Waals surface area contributed by atoms with Gasteiger partial charge in [0, 0.05) is 17.0 Å². The summed E-state index contributed by atoms with van der Waals surface area (Å²) in [4.78, 5) is 26.3. The van der Waals surface area contributed by atoms with E-state index in [1.165, 1.54) is 0 Å². The Bertz CT molecular complexity index is 1240. The number of nitrogens with one attached hydrogen (secondary N) is 2. The molecule has 3 aliphatic heterocycles. The van der Waals surface area contributed by atoms with Crippen LogP contribution in [0.2, 0.25) is 0 Å². The van der Waals surface area contributed by atoms with Crippen LogP contribution in [0.4, 0.5) is 13.2 Å². The zero-order chi connectivity index (χ0) is 25.6. The predicted octanol–water partition coefficient (Wildman–Crippen LogP) is 4.64. The molecule has 5 rings (SSSR count). The fourth-order valence-electron chi connectivity index (χ4n) is 5.38. The Hall–Kier alpha value is -3.33. The Kier molecular flexibility index (Phi) is 6.28. The molecule has 9 heteroatoms. The van der Waals surface area contributed by atoms with E-state index in [0.29, 0.717) is 30.1 Å². The molecule has 0 spiro atoms. The molecule has 4 unspecified atom stereocenters. The van der Waals surface area contributed by atoms with Gasteiger partial charge in [-0.3, -0.25) is 9.59 Å². The summed E-state index contributed by atoms with van der Waals surface area (Å²) in [5, 5.41) is 5.06. The van der Waals surface area contributed by atoms with Crippen molar-refractivity contribution in [2.45, 2.75) is 44.9 Å². The maximum absolute atomic E-state index is 13.8. The molecule has 36 heavy (non-hydrogen) atoms. The molecular formula is C27H27F3N2O4. The van der Waals surface area contributed by atoms with E-state index >= 15 is 0 Å². The van der Waals surface area contributed by atoms with E-state index in [1.54, 1.807) is 6.08 Å². The average Bonchev–Trinajstić information content (AvgIpc) is 2.83. The first kappa shape index (κ1) is 24.4. The Morgan fingerprint density at radius 3 is 2.67 bits per heavy atom. The molecule has 0 bridgehead atoms. The number of ether oxygens (including phenoxy) is 2. The van der Waals surface area contributed by atoms with Crippen LogP contribution in [0.15, 0.2) is 48.0 Å². The van der Waals surface area contributed by atoms with Gasteiger partial charge < -0.3 is 20.1 Å². The van der Waals surface area contributed by atoms with Gasteiger partial charge in [0.2, 0.25) is 11.8 Å². The predicted molar refractivity (Wildman–Crippen MR) is 126 cm³/mol. The van der Waals surface area contributed by atoms with Crippen molar-refractivity contribution in [1.29, 1.82) is 0 Å². The first-order valence-corrected chi connectivity index (χ1v) is 12.0. The molecule has 3 aliphatic rings. The van der Waals surface area contributed by atoms with Crippen molar-refractivity contribution in [2.75, 3.05) is 13.2 Å². The largest absolute Gasteiger partial charge is 0.457 e. The van der Waals surface area contributed by atoms with E-state index in [2.05, 4.69) is 10.6 Å². The number of hydrogen-bond acceptors (Lipinski definition) is 4. The van der Waals surface area contributed by atoms with Gasteiger partial charge in [-0.2, -0.15) is 13.2 Å².